The molecule has 1 atom stereocenters. The van der Waals surface area contributed by atoms with Crippen LogP contribution >= 0.6 is 15.9 Å². The molecule has 0 bridgehead atoms. The van der Waals surface area contributed by atoms with Gasteiger partial charge in [0, 0.05) is 17.1 Å². The van der Waals surface area contributed by atoms with Crippen molar-refractivity contribution in [2.45, 2.75) is 12.5 Å². The highest BCUT2D eigenvalue weighted by Gasteiger charge is 2.16. The van der Waals surface area contributed by atoms with Gasteiger partial charge in [-0.05, 0) is 23.8 Å². The molecule has 0 aromatic heterocycles. The number of carbonyl (C=O) groups is 1. The van der Waals surface area contributed by atoms with Crippen LogP contribution in [0.15, 0.2) is 34.8 Å². The van der Waals surface area contributed by atoms with Gasteiger partial charge in [0.1, 0.15) is 6.10 Å². The quantitative estimate of drug-likeness (QED) is 0.817. The second kappa shape index (κ2) is 7.23. The van der Waals surface area contributed by atoms with E-state index in [1.807, 2.05) is 12.1 Å². The molecule has 0 aliphatic carbocycles. The number of alkyl halides is 2. The van der Waals surface area contributed by atoms with E-state index in [9.17, 15) is 13.6 Å². The van der Waals surface area contributed by atoms with E-state index in [4.69, 9.17) is 5.11 Å². The summed E-state index contributed by atoms with van der Waals surface area (Å²) in [6, 6.07) is 7.22. The highest BCUT2D eigenvalue weighted by Crippen LogP contribution is 2.11. The minimum Gasteiger partial charge on any atom is -0.385 e. The molecule has 1 amide bonds. The summed E-state index contributed by atoms with van der Waals surface area (Å²) in [6.45, 7) is -0.471. The number of aliphatic hydroxyl groups excluding tert-OH is 1. The summed E-state index contributed by atoms with van der Waals surface area (Å²) in [5.41, 5.74) is 0.808. The van der Waals surface area contributed by atoms with Crippen molar-refractivity contribution in [3.63, 3.8) is 0 Å². The summed E-state index contributed by atoms with van der Waals surface area (Å²) in [6.07, 6.45) is -1.92. The van der Waals surface area contributed by atoms with Crippen LogP contribution in [0.25, 0.3) is 6.08 Å². The van der Waals surface area contributed by atoms with Crippen molar-refractivity contribution >= 4 is 27.9 Å². The summed E-state index contributed by atoms with van der Waals surface area (Å²) in [5, 5.41) is 11.0. The van der Waals surface area contributed by atoms with Crippen molar-refractivity contribution in [1.29, 1.82) is 0 Å². The summed E-state index contributed by atoms with van der Waals surface area (Å²) < 4.78 is 24.8. The van der Waals surface area contributed by atoms with Crippen molar-refractivity contribution in [2.24, 2.45) is 0 Å². The zero-order chi connectivity index (χ0) is 13.5. The Balaban J connectivity index is 2.42. The van der Waals surface area contributed by atoms with Crippen LogP contribution < -0.4 is 5.32 Å². The number of amides is 1. The summed E-state index contributed by atoms with van der Waals surface area (Å²) in [5.74, 6) is -0.530. The Morgan fingerprint density at radius 3 is 2.56 bits per heavy atom. The van der Waals surface area contributed by atoms with Gasteiger partial charge in [0.25, 0.3) is 6.43 Å². The molecule has 1 unspecified atom stereocenters. The molecule has 98 valence electrons. The van der Waals surface area contributed by atoms with E-state index in [0.717, 1.165) is 10.0 Å². The maximum Gasteiger partial charge on any atom is 0.265 e. The molecule has 0 radical (unpaired) electrons. The third-order valence-corrected chi connectivity index (χ3v) is 2.60. The number of aliphatic hydroxyl groups is 1. The predicted molar refractivity (Wildman–Crippen MR) is 68.2 cm³/mol. The number of halogens is 3. The van der Waals surface area contributed by atoms with Crippen LogP contribution in [0.1, 0.15) is 5.56 Å². The first kappa shape index (κ1) is 14.8. The second-order valence-corrected chi connectivity index (χ2v) is 4.45. The van der Waals surface area contributed by atoms with Gasteiger partial charge < -0.3 is 10.4 Å². The lowest BCUT2D eigenvalue weighted by Crippen LogP contribution is -2.34. The van der Waals surface area contributed by atoms with Gasteiger partial charge in [-0.3, -0.25) is 4.79 Å². The SMILES string of the molecule is O=C(/C=C/c1ccc(Br)cc1)NCC(O)C(F)F. The van der Waals surface area contributed by atoms with Gasteiger partial charge in [-0.25, -0.2) is 8.78 Å². The van der Waals surface area contributed by atoms with Gasteiger partial charge in [-0.2, -0.15) is 0 Å². The van der Waals surface area contributed by atoms with E-state index in [0.29, 0.717) is 0 Å². The van der Waals surface area contributed by atoms with Gasteiger partial charge in [0.15, 0.2) is 0 Å². The Bertz CT molecular complexity index is 421. The van der Waals surface area contributed by atoms with Crippen molar-refractivity contribution in [3.05, 3.63) is 40.4 Å². The smallest absolute Gasteiger partial charge is 0.265 e. The normalized spacial score (nSPS) is 12.9. The topological polar surface area (TPSA) is 49.3 Å². The lowest BCUT2D eigenvalue weighted by molar-refractivity contribution is -0.117. The number of nitrogens with one attached hydrogen (secondary N) is 1. The fourth-order valence-electron chi connectivity index (χ4n) is 1.10. The fraction of sp³-hybridized carbons (Fsp3) is 0.250. The Morgan fingerprint density at radius 1 is 1.39 bits per heavy atom. The largest absolute Gasteiger partial charge is 0.385 e. The fourth-order valence-corrected chi connectivity index (χ4v) is 1.36. The van der Waals surface area contributed by atoms with Crippen molar-refractivity contribution in [3.8, 4) is 0 Å². The molecule has 1 rings (SSSR count). The molecule has 0 fully saturated rings. The maximum atomic E-state index is 11.9. The minimum atomic E-state index is -2.86. The van der Waals surface area contributed by atoms with Crippen LogP contribution in [0.2, 0.25) is 0 Å². The Hall–Kier alpha value is -1.27. The van der Waals surface area contributed by atoms with E-state index in [2.05, 4.69) is 21.2 Å². The molecule has 0 aliphatic rings. The lowest BCUT2D eigenvalue weighted by Gasteiger charge is -2.08. The molecule has 0 spiro atoms. The van der Waals surface area contributed by atoms with Crippen LogP contribution in [0.3, 0.4) is 0 Å². The monoisotopic (exact) mass is 319 g/mol. The molecule has 0 aliphatic heterocycles. The third-order valence-electron chi connectivity index (χ3n) is 2.07. The first-order valence-corrected chi connectivity index (χ1v) is 5.96. The number of carbonyl (C=O) groups excluding carboxylic acids is 1. The van der Waals surface area contributed by atoms with Crippen molar-refractivity contribution < 1.29 is 18.7 Å². The molecule has 2 N–H and O–H groups in total. The van der Waals surface area contributed by atoms with Crippen LogP contribution in [-0.2, 0) is 4.79 Å². The maximum absolute atomic E-state index is 11.9. The van der Waals surface area contributed by atoms with Gasteiger partial charge in [-0.1, -0.05) is 28.1 Å². The third kappa shape index (κ3) is 5.37. The molecule has 0 saturated heterocycles. The molecule has 18 heavy (non-hydrogen) atoms. The summed E-state index contributed by atoms with van der Waals surface area (Å²) in [4.78, 5) is 11.2. The molecule has 1 aromatic carbocycles. The first-order chi connectivity index (χ1) is 8.49. The molecule has 1 aromatic rings. The van der Waals surface area contributed by atoms with Crippen LogP contribution in [0, 0.1) is 0 Å². The van der Waals surface area contributed by atoms with E-state index >= 15 is 0 Å². The molecule has 0 heterocycles. The van der Waals surface area contributed by atoms with Crippen LogP contribution in [0.4, 0.5) is 8.78 Å². The average Bonchev–Trinajstić information content (AvgIpc) is 2.35. The molecular weight excluding hydrogens is 308 g/mol. The number of hydrogen-bond donors (Lipinski definition) is 2. The zero-order valence-corrected chi connectivity index (χ0v) is 10.9. The predicted octanol–water partition coefficient (Wildman–Crippen LogP) is 2.20. The van der Waals surface area contributed by atoms with Gasteiger partial charge in [0.05, 0.1) is 0 Å². The average molecular weight is 320 g/mol. The minimum absolute atomic E-state index is 0.471. The standard InChI is InChI=1S/C12H12BrF2NO2/c13-9-4-1-8(2-5-9)3-6-11(18)16-7-10(17)12(14)15/h1-6,10,12,17H,7H2,(H,16,18)/b6-3+. The number of hydrogen-bond acceptors (Lipinski definition) is 2. The van der Waals surface area contributed by atoms with E-state index < -0.39 is 25.0 Å². The second-order valence-electron chi connectivity index (χ2n) is 3.53. The Kier molecular flexibility index (Phi) is 5.94. The molecule has 3 nitrogen and oxygen atoms in total. The van der Waals surface area contributed by atoms with Crippen LogP contribution in [0.5, 0.6) is 0 Å². The van der Waals surface area contributed by atoms with Crippen molar-refractivity contribution in [1.82, 2.24) is 5.32 Å². The van der Waals surface area contributed by atoms with E-state index in [-0.39, 0.29) is 0 Å². The first-order valence-electron chi connectivity index (χ1n) is 5.16. The van der Waals surface area contributed by atoms with Crippen molar-refractivity contribution in [2.75, 3.05) is 6.54 Å². The highest BCUT2D eigenvalue weighted by atomic mass is 79.9. The lowest BCUT2D eigenvalue weighted by atomic mass is 10.2. The van der Waals surface area contributed by atoms with Crippen LogP contribution in [-0.4, -0.2) is 30.1 Å². The molecule has 6 heteroatoms. The zero-order valence-electron chi connectivity index (χ0n) is 9.32. The molecule has 0 saturated carbocycles. The summed E-state index contributed by atoms with van der Waals surface area (Å²) in [7, 11) is 0. The van der Waals surface area contributed by atoms with Gasteiger partial charge in [0.2, 0.25) is 5.91 Å². The summed E-state index contributed by atoms with van der Waals surface area (Å²) >= 11 is 3.28. The van der Waals surface area contributed by atoms with E-state index in [1.165, 1.54) is 6.08 Å². The van der Waals surface area contributed by atoms with Gasteiger partial charge in [-0.15, -0.1) is 0 Å². The van der Waals surface area contributed by atoms with Gasteiger partial charge >= 0.3 is 0 Å². The number of rotatable bonds is 5. The molecular formula is C12H12BrF2NO2. The Morgan fingerprint density at radius 2 is 2.00 bits per heavy atom. The number of benzene rings is 1. The van der Waals surface area contributed by atoms with E-state index in [1.54, 1.807) is 18.2 Å². The Labute approximate surface area is 112 Å². The highest BCUT2D eigenvalue weighted by molar-refractivity contribution is 9.10.